The van der Waals surface area contributed by atoms with E-state index < -0.39 is 0 Å². The van der Waals surface area contributed by atoms with E-state index in [1.165, 1.54) is 6.42 Å². The second-order valence-corrected chi connectivity index (χ2v) is 6.73. The molecule has 0 spiro atoms. The Hall–Kier alpha value is -0.910. The summed E-state index contributed by atoms with van der Waals surface area (Å²) in [5.74, 6) is 2.36. The van der Waals surface area contributed by atoms with Gasteiger partial charge in [0.05, 0.1) is 12.9 Å². The van der Waals surface area contributed by atoms with E-state index in [1.807, 2.05) is 36.2 Å². The summed E-state index contributed by atoms with van der Waals surface area (Å²) < 4.78 is 5.21. The number of carbonyl (C=O) groups excluding carboxylic acids is 1. The minimum atomic E-state index is 0. The van der Waals surface area contributed by atoms with Gasteiger partial charge in [0.15, 0.2) is 0 Å². The number of rotatable bonds is 7. The van der Waals surface area contributed by atoms with Crippen LogP contribution in [0.5, 0.6) is 5.75 Å². The highest BCUT2D eigenvalue weighted by molar-refractivity contribution is 8.00. The molecule has 1 amide bonds. The molecule has 0 saturated carbocycles. The molecule has 0 radical (unpaired) electrons. The van der Waals surface area contributed by atoms with Gasteiger partial charge in [-0.05, 0) is 57.0 Å². The molecule has 0 aliphatic carbocycles. The molecule has 0 unspecified atom stereocenters. The van der Waals surface area contributed by atoms with Gasteiger partial charge < -0.3 is 15.0 Å². The van der Waals surface area contributed by atoms with Crippen molar-refractivity contribution in [2.24, 2.45) is 5.92 Å². The fraction of sp³-hybridized carbons (Fsp3) is 0.588. The van der Waals surface area contributed by atoms with Crippen molar-refractivity contribution in [3.8, 4) is 5.75 Å². The Bertz CT molecular complexity index is 479. The molecule has 1 aromatic rings. The minimum absolute atomic E-state index is 0. The number of ether oxygens (including phenoxy) is 1. The van der Waals surface area contributed by atoms with Crippen LogP contribution < -0.4 is 10.1 Å². The van der Waals surface area contributed by atoms with Crippen LogP contribution in [-0.4, -0.2) is 50.4 Å². The van der Waals surface area contributed by atoms with Gasteiger partial charge in [-0.1, -0.05) is 6.07 Å². The van der Waals surface area contributed by atoms with Crippen LogP contribution in [-0.2, 0) is 4.79 Å². The maximum absolute atomic E-state index is 12.3. The molecule has 130 valence electrons. The van der Waals surface area contributed by atoms with Gasteiger partial charge in [-0.15, -0.1) is 24.2 Å². The van der Waals surface area contributed by atoms with Crippen LogP contribution >= 0.6 is 24.2 Å². The minimum Gasteiger partial charge on any atom is -0.497 e. The van der Waals surface area contributed by atoms with E-state index in [-0.39, 0.29) is 18.3 Å². The normalized spacial score (nSPS) is 15.1. The number of hydrogen-bond donors (Lipinski definition) is 1. The van der Waals surface area contributed by atoms with Crippen molar-refractivity contribution in [2.75, 3.05) is 39.5 Å². The van der Waals surface area contributed by atoms with Crippen molar-refractivity contribution < 1.29 is 9.53 Å². The molecule has 0 bridgehead atoms. The Labute approximate surface area is 149 Å². The summed E-state index contributed by atoms with van der Waals surface area (Å²) in [7, 11) is 3.65. The molecule has 1 aromatic carbocycles. The molecule has 2 rings (SSSR count). The van der Waals surface area contributed by atoms with Gasteiger partial charge in [-0.2, -0.15) is 0 Å². The molecule has 1 N–H and O–H groups in total. The first-order valence-corrected chi connectivity index (χ1v) is 8.90. The van der Waals surface area contributed by atoms with Crippen molar-refractivity contribution in [3.05, 3.63) is 24.3 Å². The predicted molar refractivity (Wildman–Crippen MR) is 98.8 cm³/mol. The Morgan fingerprint density at radius 2 is 2.13 bits per heavy atom. The summed E-state index contributed by atoms with van der Waals surface area (Å²) in [4.78, 5) is 15.4. The van der Waals surface area contributed by atoms with Gasteiger partial charge in [0.2, 0.25) is 5.91 Å². The molecule has 1 aliphatic heterocycles. The van der Waals surface area contributed by atoms with Gasteiger partial charge in [0.1, 0.15) is 5.75 Å². The van der Waals surface area contributed by atoms with E-state index in [1.54, 1.807) is 18.9 Å². The second-order valence-electron chi connectivity index (χ2n) is 5.68. The third-order valence-electron chi connectivity index (χ3n) is 4.17. The third-order valence-corrected chi connectivity index (χ3v) is 5.15. The molecule has 1 saturated heterocycles. The predicted octanol–water partition coefficient (Wildman–Crippen LogP) is 3.06. The average molecular weight is 359 g/mol. The zero-order valence-corrected chi connectivity index (χ0v) is 15.5. The summed E-state index contributed by atoms with van der Waals surface area (Å²) >= 11 is 1.59. The van der Waals surface area contributed by atoms with Crippen molar-refractivity contribution >= 4 is 30.1 Å². The van der Waals surface area contributed by atoms with Gasteiger partial charge in [-0.3, -0.25) is 4.79 Å². The summed E-state index contributed by atoms with van der Waals surface area (Å²) in [6.45, 7) is 2.89. The van der Waals surface area contributed by atoms with Crippen LogP contribution in [0, 0.1) is 5.92 Å². The maximum Gasteiger partial charge on any atom is 0.232 e. The fourth-order valence-corrected chi connectivity index (χ4v) is 3.59. The summed E-state index contributed by atoms with van der Waals surface area (Å²) in [5, 5.41) is 3.20. The largest absolute Gasteiger partial charge is 0.497 e. The molecular weight excluding hydrogens is 332 g/mol. The zero-order valence-electron chi connectivity index (χ0n) is 13.9. The second kappa shape index (κ2) is 10.8. The van der Waals surface area contributed by atoms with Gasteiger partial charge in [-0.25, -0.2) is 0 Å². The number of amides is 1. The number of nitrogens with one attached hydrogen (secondary N) is 1. The first-order valence-electron chi connectivity index (χ1n) is 7.92. The molecule has 4 nitrogen and oxygen atoms in total. The van der Waals surface area contributed by atoms with Crippen LogP contribution in [0.4, 0.5) is 0 Å². The van der Waals surface area contributed by atoms with Gasteiger partial charge in [0, 0.05) is 18.0 Å². The number of likely N-dealkylation sites (tertiary alicyclic amines) is 1. The highest BCUT2D eigenvalue weighted by Crippen LogP contribution is 2.25. The SMILES string of the molecule is CNCCC1CCN(C(=O)CSc2cccc(OC)c2)CC1.Cl. The molecule has 0 atom stereocenters. The number of carbonyl (C=O) groups is 1. The first kappa shape index (κ1) is 20.1. The van der Waals surface area contributed by atoms with Crippen molar-refractivity contribution in [1.82, 2.24) is 10.2 Å². The van der Waals surface area contributed by atoms with Crippen molar-refractivity contribution in [2.45, 2.75) is 24.2 Å². The fourth-order valence-electron chi connectivity index (χ4n) is 2.75. The van der Waals surface area contributed by atoms with Crippen LogP contribution in [0.3, 0.4) is 0 Å². The molecular formula is C17H27ClN2O2S. The summed E-state index contributed by atoms with van der Waals surface area (Å²) in [6.07, 6.45) is 3.49. The molecule has 1 aliphatic rings. The van der Waals surface area contributed by atoms with Crippen molar-refractivity contribution in [3.63, 3.8) is 0 Å². The number of hydrogen-bond acceptors (Lipinski definition) is 4. The Kier molecular flexibility index (Phi) is 9.44. The Morgan fingerprint density at radius 1 is 1.39 bits per heavy atom. The monoisotopic (exact) mass is 358 g/mol. The van der Waals surface area contributed by atoms with Crippen LogP contribution in [0.1, 0.15) is 19.3 Å². The number of methoxy groups -OCH3 is 1. The average Bonchev–Trinajstić information content (AvgIpc) is 2.58. The lowest BCUT2D eigenvalue weighted by Crippen LogP contribution is -2.39. The van der Waals surface area contributed by atoms with Crippen LogP contribution in [0.2, 0.25) is 0 Å². The smallest absolute Gasteiger partial charge is 0.232 e. The summed E-state index contributed by atoms with van der Waals surface area (Å²) in [5.41, 5.74) is 0. The van der Waals surface area contributed by atoms with Gasteiger partial charge in [0.25, 0.3) is 0 Å². The molecule has 0 aromatic heterocycles. The molecule has 23 heavy (non-hydrogen) atoms. The van der Waals surface area contributed by atoms with Gasteiger partial charge >= 0.3 is 0 Å². The van der Waals surface area contributed by atoms with Crippen LogP contribution in [0.15, 0.2) is 29.2 Å². The van der Waals surface area contributed by atoms with E-state index in [0.717, 1.165) is 49.0 Å². The van der Waals surface area contributed by atoms with E-state index in [4.69, 9.17) is 4.74 Å². The first-order chi connectivity index (χ1) is 10.7. The lowest BCUT2D eigenvalue weighted by atomic mass is 9.93. The lowest BCUT2D eigenvalue weighted by Gasteiger charge is -2.32. The van der Waals surface area contributed by atoms with E-state index in [2.05, 4.69) is 5.32 Å². The number of nitrogens with zero attached hydrogens (tertiary/aromatic N) is 1. The van der Waals surface area contributed by atoms with E-state index in [9.17, 15) is 4.79 Å². The highest BCUT2D eigenvalue weighted by atomic mass is 35.5. The van der Waals surface area contributed by atoms with Crippen molar-refractivity contribution in [1.29, 1.82) is 0 Å². The topological polar surface area (TPSA) is 41.6 Å². The third kappa shape index (κ3) is 6.61. The molecule has 1 heterocycles. The number of benzene rings is 1. The summed E-state index contributed by atoms with van der Waals surface area (Å²) in [6, 6.07) is 7.87. The molecule has 6 heteroatoms. The van der Waals surface area contributed by atoms with E-state index >= 15 is 0 Å². The zero-order chi connectivity index (χ0) is 15.8. The Balaban J connectivity index is 0.00000264. The quantitative estimate of drug-likeness (QED) is 0.760. The number of thioether (sulfide) groups is 1. The number of halogens is 1. The Morgan fingerprint density at radius 3 is 2.78 bits per heavy atom. The lowest BCUT2D eigenvalue weighted by molar-refractivity contribution is -0.129. The maximum atomic E-state index is 12.3. The van der Waals surface area contributed by atoms with E-state index in [0.29, 0.717) is 5.75 Å². The van der Waals surface area contributed by atoms with Crippen LogP contribution in [0.25, 0.3) is 0 Å². The number of piperidine rings is 1. The highest BCUT2D eigenvalue weighted by Gasteiger charge is 2.22. The molecule has 1 fully saturated rings. The standard InChI is InChI=1S/C17H26N2O2S.ClH/c1-18-9-6-14-7-10-19(11-8-14)17(20)13-22-16-5-3-4-15(12-16)21-2;/h3-5,12,14,18H,6-11,13H2,1-2H3;1H.